The van der Waals surface area contributed by atoms with Crippen molar-refractivity contribution in [1.29, 1.82) is 0 Å². The molecule has 176 valence electrons. The van der Waals surface area contributed by atoms with Gasteiger partial charge in [-0.25, -0.2) is 4.98 Å². The molecule has 0 aliphatic carbocycles. The molecule has 9 heteroatoms. The molecule has 3 unspecified atom stereocenters. The number of para-hydroxylation sites is 2. The van der Waals surface area contributed by atoms with Crippen molar-refractivity contribution in [3.63, 3.8) is 0 Å². The average Bonchev–Trinajstić information content (AvgIpc) is 3.28. The van der Waals surface area contributed by atoms with Gasteiger partial charge in [-0.05, 0) is 30.5 Å². The third-order valence-corrected chi connectivity index (χ3v) is 6.92. The Kier molecular flexibility index (Phi) is 8.22. The predicted octanol–water partition coefficient (Wildman–Crippen LogP) is 2.06. The smallest absolute Gasteiger partial charge is 0.238 e. The van der Waals surface area contributed by atoms with Crippen molar-refractivity contribution in [3.8, 4) is 0 Å². The summed E-state index contributed by atoms with van der Waals surface area (Å²) in [5.74, 6) is 0.402. The quantitative estimate of drug-likeness (QED) is 0.415. The number of aromatic nitrogens is 1. The van der Waals surface area contributed by atoms with Crippen LogP contribution >= 0.6 is 0 Å². The summed E-state index contributed by atoms with van der Waals surface area (Å²) in [6.45, 7) is 1.22. The van der Waals surface area contributed by atoms with Gasteiger partial charge in [0.1, 0.15) is 11.6 Å². The zero-order valence-electron chi connectivity index (χ0n) is 18.3. The Morgan fingerprint density at radius 2 is 1.85 bits per heavy atom. The Morgan fingerprint density at radius 3 is 2.61 bits per heavy atom. The molecule has 1 fully saturated rings. The van der Waals surface area contributed by atoms with Crippen LogP contribution in [-0.2, 0) is 26.1 Å². The van der Waals surface area contributed by atoms with Crippen LogP contribution in [0.5, 0.6) is 0 Å². The van der Waals surface area contributed by atoms with Crippen LogP contribution in [-0.4, -0.2) is 57.8 Å². The van der Waals surface area contributed by atoms with Crippen LogP contribution in [0, 0.1) is 0 Å². The van der Waals surface area contributed by atoms with Gasteiger partial charge in [-0.3, -0.25) is 9.00 Å². The normalized spacial score (nSPS) is 17.5. The molecule has 0 saturated carbocycles. The summed E-state index contributed by atoms with van der Waals surface area (Å²) in [5.41, 5.74) is 2.19. The molecule has 8 nitrogen and oxygen atoms in total. The van der Waals surface area contributed by atoms with Crippen LogP contribution in [0.3, 0.4) is 0 Å². The maximum Gasteiger partial charge on any atom is 0.238 e. The molecule has 0 spiro atoms. The van der Waals surface area contributed by atoms with Gasteiger partial charge in [-0.15, -0.1) is 0 Å². The first-order valence-electron chi connectivity index (χ1n) is 11.1. The Morgan fingerprint density at radius 1 is 1.12 bits per heavy atom. The van der Waals surface area contributed by atoms with E-state index in [2.05, 4.69) is 15.6 Å². The van der Waals surface area contributed by atoms with E-state index in [4.69, 9.17) is 9.15 Å². The van der Waals surface area contributed by atoms with Crippen molar-refractivity contribution in [2.75, 3.05) is 25.5 Å². The van der Waals surface area contributed by atoms with Crippen molar-refractivity contribution < 1.29 is 23.3 Å². The molecule has 3 N–H and O–H groups in total. The van der Waals surface area contributed by atoms with E-state index in [1.807, 2.05) is 42.5 Å². The lowest BCUT2D eigenvalue weighted by atomic mass is 10.1. The summed E-state index contributed by atoms with van der Waals surface area (Å²) >= 11 is 0. The van der Waals surface area contributed by atoms with E-state index in [0.29, 0.717) is 30.1 Å². The van der Waals surface area contributed by atoms with Gasteiger partial charge in [0.25, 0.3) is 0 Å². The maximum atomic E-state index is 13.0. The standard InChI is InChI=1S/C24H29N3O5S/c28-21(24-27-19-8-4-5-9-22(19)32-24)14-25-23(29)20(26-18-10-12-31-13-11-18)16-33(30)15-17-6-2-1-3-7-17/h1-9,18,20-21,26,28H,10-16H2,(H,25,29). The monoisotopic (exact) mass is 471 g/mol. The average molecular weight is 472 g/mol. The first kappa shape index (κ1) is 23.6. The second-order valence-electron chi connectivity index (χ2n) is 8.12. The number of carbonyl (C=O) groups is 1. The number of ether oxygens (including phenoxy) is 1. The molecule has 2 heterocycles. The number of fused-ring (bicyclic) bond motifs is 1. The van der Waals surface area contributed by atoms with E-state index in [0.717, 1.165) is 18.4 Å². The third-order valence-electron chi connectivity index (χ3n) is 5.56. The lowest BCUT2D eigenvalue weighted by Gasteiger charge is -2.28. The van der Waals surface area contributed by atoms with E-state index < -0.39 is 22.9 Å². The van der Waals surface area contributed by atoms with E-state index in [9.17, 15) is 14.1 Å². The molecular weight excluding hydrogens is 442 g/mol. The number of hydrogen-bond acceptors (Lipinski definition) is 7. The number of rotatable bonds is 10. The summed E-state index contributed by atoms with van der Waals surface area (Å²) in [7, 11) is -1.23. The molecule has 3 atom stereocenters. The number of aliphatic hydroxyl groups excluding tert-OH is 1. The van der Waals surface area contributed by atoms with Crippen molar-refractivity contribution in [2.45, 2.75) is 36.8 Å². The van der Waals surface area contributed by atoms with Gasteiger partial charge in [0, 0.05) is 41.6 Å². The molecule has 3 aromatic rings. The molecule has 2 aromatic carbocycles. The van der Waals surface area contributed by atoms with Gasteiger partial charge in [0.05, 0.1) is 12.6 Å². The van der Waals surface area contributed by atoms with Crippen LogP contribution < -0.4 is 10.6 Å². The van der Waals surface area contributed by atoms with Crippen molar-refractivity contribution in [2.24, 2.45) is 0 Å². The molecule has 1 amide bonds. The molecular formula is C24H29N3O5S. The SMILES string of the molecule is O=C(NCC(O)c1nc2ccccc2o1)C(CS(=O)Cc1ccccc1)NC1CCOCC1. The minimum absolute atomic E-state index is 0.0526. The molecule has 1 saturated heterocycles. The first-order valence-corrected chi connectivity index (χ1v) is 12.6. The Labute approximate surface area is 195 Å². The van der Waals surface area contributed by atoms with Crippen molar-refractivity contribution in [1.82, 2.24) is 15.6 Å². The summed E-state index contributed by atoms with van der Waals surface area (Å²) in [6.07, 6.45) is 0.501. The predicted molar refractivity (Wildman–Crippen MR) is 126 cm³/mol. The van der Waals surface area contributed by atoms with E-state index in [1.165, 1.54) is 0 Å². The van der Waals surface area contributed by atoms with E-state index >= 15 is 0 Å². The molecule has 0 bridgehead atoms. The number of benzene rings is 2. The molecule has 1 aromatic heterocycles. The largest absolute Gasteiger partial charge is 0.438 e. The lowest BCUT2D eigenvalue weighted by molar-refractivity contribution is -0.123. The highest BCUT2D eigenvalue weighted by Gasteiger charge is 2.26. The fraction of sp³-hybridized carbons (Fsp3) is 0.417. The lowest BCUT2D eigenvalue weighted by Crippen LogP contribution is -2.52. The summed E-state index contributed by atoms with van der Waals surface area (Å²) in [5, 5.41) is 16.6. The topological polar surface area (TPSA) is 114 Å². The highest BCUT2D eigenvalue weighted by molar-refractivity contribution is 7.84. The van der Waals surface area contributed by atoms with Gasteiger partial charge in [-0.2, -0.15) is 0 Å². The Bertz CT molecular complexity index is 1040. The number of amides is 1. The van der Waals surface area contributed by atoms with Crippen molar-refractivity contribution >= 4 is 27.8 Å². The fourth-order valence-corrected chi connectivity index (χ4v) is 5.10. The van der Waals surface area contributed by atoms with Crippen LogP contribution in [0.4, 0.5) is 0 Å². The Balaban J connectivity index is 1.37. The number of nitrogens with zero attached hydrogens (tertiary/aromatic N) is 1. The number of carbonyl (C=O) groups excluding carboxylic acids is 1. The second kappa shape index (κ2) is 11.5. The zero-order chi connectivity index (χ0) is 23.0. The van der Waals surface area contributed by atoms with E-state index in [1.54, 1.807) is 12.1 Å². The van der Waals surface area contributed by atoms with Gasteiger partial charge in [-0.1, -0.05) is 42.5 Å². The van der Waals surface area contributed by atoms with Crippen molar-refractivity contribution in [3.05, 3.63) is 66.1 Å². The van der Waals surface area contributed by atoms with Crippen LogP contribution in [0.15, 0.2) is 59.0 Å². The van der Waals surface area contributed by atoms with Gasteiger partial charge < -0.3 is 24.9 Å². The first-order chi connectivity index (χ1) is 16.1. The molecule has 1 aliphatic rings. The number of nitrogens with one attached hydrogen (secondary N) is 2. The van der Waals surface area contributed by atoms with Gasteiger partial charge in [0.15, 0.2) is 5.58 Å². The summed E-state index contributed by atoms with van der Waals surface area (Å²) < 4.78 is 23.8. The Hall–Kier alpha value is -2.59. The van der Waals surface area contributed by atoms with E-state index in [-0.39, 0.29) is 30.1 Å². The highest BCUT2D eigenvalue weighted by Crippen LogP contribution is 2.19. The second-order valence-corrected chi connectivity index (χ2v) is 9.62. The van der Waals surface area contributed by atoms with Crippen LogP contribution in [0.25, 0.3) is 11.1 Å². The minimum atomic E-state index is -1.23. The molecule has 0 radical (unpaired) electrons. The molecule has 33 heavy (non-hydrogen) atoms. The van der Waals surface area contributed by atoms with Crippen LogP contribution in [0.2, 0.25) is 0 Å². The third kappa shape index (κ3) is 6.70. The van der Waals surface area contributed by atoms with Gasteiger partial charge >= 0.3 is 0 Å². The maximum absolute atomic E-state index is 13.0. The summed E-state index contributed by atoms with van der Waals surface area (Å²) in [6, 6.07) is 16.3. The fourth-order valence-electron chi connectivity index (χ4n) is 3.79. The van der Waals surface area contributed by atoms with Gasteiger partial charge in [0.2, 0.25) is 11.8 Å². The molecule has 1 aliphatic heterocycles. The number of oxazole rings is 1. The molecule has 4 rings (SSSR count). The van der Waals surface area contributed by atoms with Crippen LogP contribution in [0.1, 0.15) is 30.4 Å². The highest BCUT2D eigenvalue weighted by atomic mass is 32.2. The zero-order valence-corrected chi connectivity index (χ0v) is 19.1. The minimum Gasteiger partial charge on any atom is -0.438 e. The number of aliphatic hydroxyl groups is 1. The number of hydrogen-bond donors (Lipinski definition) is 3. The summed E-state index contributed by atoms with van der Waals surface area (Å²) in [4.78, 5) is 17.3.